The second kappa shape index (κ2) is 13.7. The van der Waals surface area contributed by atoms with Crippen LogP contribution in [0.2, 0.25) is 0 Å². The maximum Gasteiger partial charge on any atom is 0.326 e. The number of amides is 3. The van der Waals surface area contributed by atoms with E-state index in [0.717, 1.165) is 0 Å². The van der Waals surface area contributed by atoms with E-state index >= 15 is 0 Å². The van der Waals surface area contributed by atoms with Crippen molar-refractivity contribution in [2.45, 2.75) is 43.8 Å². The van der Waals surface area contributed by atoms with Gasteiger partial charge in [-0.3, -0.25) is 14.4 Å². The lowest BCUT2D eigenvalue weighted by Crippen LogP contribution is -2.54. The summed E-state index contributed by atoms with van der Waals surface area (Å²) in [5.74, 6) is -1.66. The van der Waals surface area contributed by atoms with E-state index in [2.05, 4.69) is 10.6 Å². The molecule has 0 bridgehead atoms. The fraction of sp³-hybridized carbons (Fsp3) is 0.733. The van der Waals surface area contributed by atoms with Crippen LogP contribution >= 0.6 is 23.5 Å². The summed E-state index contributed by atoms with van der Waals surface area (Å²) >= 11 is 2.97. The molecule has 0 saturated carbocycles. The first kappa shape index (κ1) is 24.5. The molecule has 150 valence electrons. The summed E-state index contributed by atoms with van der Waals surface area (Å²) in [5, 5.41) is 14.2. The van der Waals surface area contributed by atoms with Gasteiger partial charge in [-0.25, -0.2) is 4.79 Å². The minimum atomic E-state index is -1.12. The largest absolute Gasteiger partial charge is 0.480 e. The number of rotatable bonds is 14. The maximum atomic E-state index is 12.4. The maximum absolute atomic E-state index is 12.4. The summed E-state index contributed by atoms with van der Waals surface area (Å²) in [4.78, 5) is 46.6. The summed E-state index contributed by atoms with van der Waals surface area (Å²) in [5.41, 5.74) is 10.7. The number of primary amides is 1. The summed E-state index contributed by atoms with van der Waals surface area (Å²) < 4.78 is 0. The zero-order valence-electron chi connectivity index (χ0n) is 15.0. The number of carboxylic acids is 1. The Morgan fingerprint density at radius 3 is 1.88 bits per heavy atom. The smallest absolute Gasteiger partial charge is 0.326 e. The molecule has 0 aromatic carbocycles. The number of carbonyl (C=O) groups is 4. The highest BCUT2D eigenvalue weighted by atomic mass is 32.2. The van der Waals surface area contributed by atoms with Crippen LogP contribution in [0.3, 0.4) is 0 Å². The van der Waals surface area contributed by atoms with Crippen LogP contribution in [0, 0.1) is 0 Å². The average molecular weight is 409 g/mol. The third-order valence-corrected chi connectivity index (χ3v) is 4.80. The molecule has 0 spiro atoms. The van der Waals surface area contributed by atoms with Crippen molar-refractivity contribution in [2.75, 3.05) is 24.0 Å². The van der Waals surface area contributed by atoms with E-state index in [-0.39, 0.29) is 19.3 Å². The van der Waals surface area contributed by atoms with Crippen molar-refractivity contribution >= 4 is 47.2 Å². The van der Waals surface area contributed by atoms with Gasteiger partial charge in [-0.2, -0.15) is 23.5 Å². The number of thioether (sulfide) groups is 2. The van der Waals surface area contributed by atoms with E-state index in [4.69, 9.17) is 11.5 Å². The minimum Gasteiger partial charge on any atom is -0.480 e. The van der Waals surface area contributed by atoms with E-state index in [9.17, 15) is 24.3 Å². The van der Waals surface area contributed by atoms with Gasteiger partial charge in [0.25, 0.3) is 0 Å². The molecule has 0 radical (unpaired) electrons. The number of hydrogen-bond acceptors (Lipinski definition) is 7. The fourth-order valence-electron chi connectivity index (χ4n) is 1.98. The van der Waals surface area contributed by atoms with Gasteiger partial charge in [0.05, 0.1) is 6.04 Å². The zero-order chi connectivity index (χ0) is 20.1. The van der Waals surface area contributed by atoms with Gasteiger partial charge in [0.1, 0.15) is 12.1 Å². The minimum absolute atomic E-state index is 0.0357. The second-order valence-electron chi connectivity index (χ2n) is 5.64. The Hall–Kier alpha value is -1.46. The van der Waals surface area contributed by atoms with Gasteiger partial charge in [0.15, 0.2) is 0 Å². The average Bonchev–Trinajstić information content (AvgIpc) is 2.59. The normalized spacial score (nSPS) is 14.1. The summed E-state index contributed by atoms with van der Waals surface area (Å²) in [6.07, 6.45) is 4.35. The number of aliphatic carboxylic acids is 1. The van der Waals surface area contributed by atoms with Crippen molar-refractivity contribution < 1.29 is 24.3 Å². The van der Waals surface area contributed by atoms with Crippen LogP contribution in [0.4, 0.5) is 0 Å². The Morgan fingerprint density at radius 1 is 0.923 bits per heavy atom. The highest BCUT2D eigenvalue weighted by molar-refractivity contribution is 7.98. The lowest BCUT2D eigenvalue weighted by molar-refractivity contribution is -0.142. The van der Waals surface area contributed by atoms with Gasteiger partial charge < -0.3 is 27.2 Å². The molecule has 11 heteroatoms. The SMILES string of the molecule is CSCCC(NC(=O)C(CCSC)NC(=O)C(N)CCC(N)=O)C(=O)O. The predicted molar refractivity (Wildman–Crippen MR) is 104 cm³/mol. The van der Waals surface area contributed by atoms with E-state index in [0.29, 0.717) is 17.9 Å². The standard InChI is InChI=1S/C15H28N4O5S2/c1-25-7-5-10(18-13(21)9(16)3-4-12(17)20)14(22)19-11(15(23)24)6-8-26-2/h9-11H,3-8,16H2,1-2H3,(H2,17,20)(H,18,21)(H,19,22)(H,23,24). The molecule has 0 fully saturated rings. The lowest BCUT2D eigenvalue weighted by Gasteiger charge is -2.22. The first-order chi connectivity index (χ1) is 12.2. The molecule has 3 atom stereocenters. The summed E-state index contributed by atoms with van der Waals surface area (Å²) in [6, 6.07) is -2.89. The van der Waals surface area contributed by atoms with E-state index < -0.39 is 41.8 Å². The quantitative estimate of drug-likeness (QED) is 0.248. The van der Waals surface area contributed by atoms with Crippen LogP contribution in [0.25, 0.3) is 0 Å². The summed E-state index contributed by atoms with van der Waals surface area (Å²) in [6.45, 7) is 0. The molecule has 0 aromatic rings. The molecular weight excluding hydrogens is 380 g/mol. The molecule has 0 aliphatic carbocycles. The third-order valence-electron chi connectivity index (χ3n) is 3.51. The van der Waals surface area contributed by atoms with Crippen molar-refractivity contribution in [3.63, 3.8) is 0 Å². The van der Waals surface area contributed by atoms with Crippen LogP contribution in [-0.2, 0) is 19.2 Å². The molecule has 26 heavy (non-hydrogen) atoms. The molecule has 0 saturated heterocycles. The van der Waals surface area contributed by atoms with Crippen molar-refractivity contribution in [1.82, 2.24) is 10.6 Å². The van der Waals surface area contributed by atoms with Crippen LogP contribution < -0.4 is 22.1 Å². The Labute approximate surface area is 161 Å². The van der Waals surface area contributed by atoms with E-state index in [1.54, 1.807) is 0 Å². The van der Waals surface area contributed by atoms with Gasteiger partial charge >= 0.3 is 5.97 Å². The van der Waals surface area contributed by atoms with Crippen molar-refractivity contribution in [1.29, 1.82) is 0 Å². The monoisotopic (exact) mass is 408 g/mol. The van der Waals surface area contributed by atoms with Crippen molar-refractivity contribution in [3.8, 4) is 0 Å². The van der Waals surface area contributed by atoms with E-state index in [1.165, 1.54) is 23.5 Å². The van der Waals surface area contributed by atoms with Gasteiger partial charge in [-0.15, -0.1) is 0 Å². The third kappa shape index (κ3) is 10.5. The molecule has 3 unspecified atom stereocenters. The number of nitrogens with one attached hydrogen (secondary N) is 2. The molecule has 0 heterocycles. The number of carbonyl (C=O) groups excluding carboxylic acids is 3. The van der Waals surface area contributed by atoms with Crippen LogP contribution in [-0.4, -0.2) is 70.9 Å². The van der Waals surface area contributed by atoms with Crippen LogP contribution in [0.5, 0.6) is 0 Å². The molecule has 0 aromatic heterocycles. The Balaban J connectivity index is 4.87. The molecule has 3 amide bonds. The Morgan fingerprint density at radius 2 is 1.42 bits per heavy atom. The van der Waals surface area contributed by atoms with Crippen LogP contribution in [0.1, 0.15) is 25.7 Å². The predicted octanol–water partition coefficient (Wildman–Crippen LogP) is -0.860. The number of carboxylic acid groups (broad SMARTS) is 1. The first-order valence-electron chi connectivity index (χ1n) is 8.08. The molecular formula is C15H28N4O5S2. The lowest BCUT2D eigenvalue weighted by atomic mass is 10.1. The summed E-state index contributed by atoms with van der Waals surface area (Å²) in [7, 11) is 0. The second-order valence-corrected chi connectivity index (χ2v) is 7.61. The molecule has 0 rings (SSSR count). The van der Waals surface area contributed by atoms with E-state index in [1.807, 2.05) is 12.5 Å². The van der Waals surface area contributed by atoms with Crippen molar-refractivity contribution in [3.05, 3.63) is 0 Å². The highest BCUT2D eigenvalue weighted by Gasteiger charge is 2.27. The molecule has 9 nitrogen and oxygen atoms in total. The van der Waals surface area contributed by atoms with Gasteiger partial charge in [0.2, 0.25) is 17.7 Å². The molecule has 7 N–H and O–H groups in total. The van der Waals surface area contributed by atoms with Crippen molar-refractivity contribution in [2.24, 2.45) is 11.5 Å². The first-order valence-corrected chi connectivity index (χ1v) is 10.9. The molecule has 0 aliphatic rings. The van der Waals surface area contributed by atoms with Crippen LogP contribution in [0.15, 0.2) is 0 Å². The number of nitrogens with two attached hydrogens (primary N) is 2. The highest BCUT2D eigenvalue weighted by Crippen LogP contribution is 2.06. The fourth-order valence-corrected chi connectivity index (χ4v) is 2.92. The molecule has 0 aliphatic heterocycles. The van der Waals surface area contributed by atoms with Gasteiger partial charge in [-0.1, -0.05) is 0 Å². The zero-order valence-corrected chi connectivity index (χ0v) is 16.7. The Bertz CT molecular complexity index is 493. The number of hydrogen-bond donors (Lipinski definition) is 5. The topological polar surface area (TPSA) is 165 Å². The van der Waals surface area contributed by atoms with Gasteiger partial charge in [0, 0.05) is 6.42 Å². The Kier molecular flexibility index (Phi) is 12.9. The van der Waals surface area contributed by atoms with Gasteiger partial charge in [-0.05, 0) is 43.3 Å².